The number of ether oxygens (including phenoxy) is 3. The number of carboxylic acid groups (broad SMARTS) is 2. The number of aromatic nitrogens is 2. The van der Waals surface area contributed by atoms with Crippen LogP contribution in [-0.4, -0.2) is 82.8 Å². The number of hydrogen-bond donors (Lipinski definition) is 4. The topological polar surface area (TPSA) is 169 Å². The van der Waals surface area contributed by atoms with E-state index in [1.807, 2.05) is 87.5 Å². The third-order valence-corrected chi connectivity index (χ3v) is 8.11. The van der Waals surface area contributed by atoms with Gasteiger partial charge in [-0.3, -0.25) is 0 Å². The number of esters is 1. The largest absolute Gasteiger partial charge is 0.497 e. The minimum absolute atomic E-state index is 0.198. The van der Waals surface area contributed by atoms with E-state index in [1.54, 1.807) is 13.2 Å². The number of benzene rings is 4. The molecule has 2 aromatic heterocycles. The molecule has 6 aromatic rings. The fourth-order valence-electron chi connectivity index (χ4n) is 5.28. The zero-order valence-electron chi connectivity index (χ0n) is 31.3. The van der Waals surface area contributed by atoms with Crippen molar-refractivity contribution in [3.05, 3.63) is 82.8 Å². The molecule has 0 amide bonds. The van der Waals surface area contributed by atoms with Crippen molar-refractivity contribution in [2.24, 2.45) is 0 Å². The first kappa shape index (κ1) is 45.7. The minimum atomic E-state index is -5.08. The number of pyridine rings is 2. The van der Waals surface area contributed by atoms with E-state index in [9.17, 15) is 31.1 Å². The van der Waals surface area contributed by atoms with Gasteiger partial charge < -0.3 is 35.1 Å². The van der Waals surface area contributed by atoms with E-state index in [1.165, 1.54) is 0 Å². The van der Waals surface area contributed by atoms with Gasteiger partial charge in [0.1, 0.15) is 17.1 Å². The van der Waals surface area contributed by atoms with E-state index >= 15 is 0 Å². The van der Waals surface area contributed by atoms with Crippen LogP contribution < -0.4 is 20.1 Å². The number of aliphatic carboxylic acids is 2. The molecule has 0 fully saturated rings. The van der Waals surface area contributed by atoms with E-state index in [0.29, 0.717) is 28.9 Å². The number of methoxy groups -OCH3 is 1. The molecule has 6 rings (SSSR count). The Labute approximate surface area is 341 Å². The number of alkyl halides is 6. The lowest BCUT2D eigenvalue weighted by Gasteiger charge is -2.19. The summed E-state index contributed by atoms with van der Waals surface area (Å²) in [6.07, 6.45) is -10.2. The third-order valence-electron chi connectivity index (χ3n) is 7.64. The predicted molar refractivity (Wildman–Crippen MR) is 211 cm³/mol. The highest BCUT2D eigenvalue weighted by atomic mass is 35.5. The first-order valence-electron chi connectivity index (χ1n) is 17.0. The number of carbonyl (C=O) groups excluding carboxylic acids is 1. The molecule has 314 valence electrons. The summed E-state index contributed by atoms with van der Waals surface area (Å²) in [5.41, 5.74) is 4.41. The third kappa shape index (κ3) is 12.7. The van der Waals surface area contributed by atoms with Crippen molar-refractivity contribution >= 4 is 96.1 Å². The van der Waals surface area contributed by atoms with Gasteiger partial charge >= 0.3 is 30.3 Å². The van der Waals surface area contributed by atoms with Crippen LogP contribution in [0.3, 0.4) is 0 Å². The maximum atomic E-state index is 12.3. The second kappa shape index (κ2) is 18.7. The molecule has 59 heavy (non-hydrogen) atoms. The quantitative estimate of drug-likeness (QED) is 0.0470. The fourth-order valence-corrected chi connectivity index (χ4v) is 5.61. The molecule has 0 bridgehead atoms. The molecule has 4 aromatic carbocycles. The van der Waals surface area contributed by atoms with Gasteiger partial charge in [0.15, 0.2) is 6.61 Å². The molecule has 0 saturated carbocycles. The van der Waals surface area contributed by atoms with Gasteiger partial charge in [0, 0.05) is 44.7 Å². The van der Waals surface area contributed by atoms with Gasteiger partial charge in [0.25, 0.3) is 0 Å². The number of hydrogen-bond acceptors (Lipinski definition) is 10. The molecule has 0 aliphatic rings. The maximum Gasteiger partial charge on any atom is 0.490 e. The number of rotatable bonds is 9. The smallest absolute Gasteiger partial charge is 0.490 e. The lowest BCUT2D eigenvalue weighted by molar-refractivity contribution is -0.193. The van der Waals surface area contributed by atoms with Gasteiger partial charge in [0.2, 0.25) is 0 Å². The van der Waals surface area contributed by atoms with Crippen LogP contribution in [0, 0.1) is 0 Å². The van der Waals surface area contributed by atoms with Crippen LogP contribution in [0.2, 0.25) is 10.0 Å². The molecule has 0 saturated heterocycles. The Hall–Kier alpha value is -6.01. The van der Waals surface area contributed by atoms with Gasteiger partial charge in [0.05, 0.1) is 40.6 Å². The van der Waals surface area contributed by atoms with Crippen molar-refractivity contribution in [1.29, 1.82) is 0 Å². The fraction of sp³-hybridized carbons (Fsp3) is 0.256. The highest BCUT2D eigenvalue weighted by Gasteiger charge is 2.39. The predicted octanol–water partition coefficient (Wildman–Crippen LogP) is 9.92. The average Bonchev–Trinajstić information content (AvgIpc) is 3.13. The zero-order valence-corrected chi connectivity index (χ0v) is 32.8. The Morgan fingerprint density at radius 1 is 0.627 bits per heavy atom. The second-order valence-corrected chi connectivity index (χ2v) is 14.1. The SMILES string of the molecule is COc1ccc2nc3cc(Cl)ccc3c(NCCNc3c4ccc(Cl)cc4nc4ccc(OCC(=O)OC(C)(C)C)cc34)c2c1.O=C(O)C(F)(F)F.O=C(O)C(F)(F)F. The van der Waals surface area contributed by atoms with Crippen molar-refractivity contribution in [2.45, 2.75) is 38.7 Å². The van der Waals surface area contributed by atoms with Crippen molar-refractivity contribution in [3.63, 3.8) is 0 Å². The van der Waals surface area contributed by atoms with E-state index < -0.39 is 35.9 Å². The second-order valence-electron chi connectivity index (χ2n) is 13.2. The summed E-state index contributed by atoms with van der Waals surface area (Å²) in [7, 11) is 1.65. The maximum absolute atomic E-state index is 12.3. The van der Waals surface area contributed by atoms with E-state index in [2.05, 4.69) is 10.6 Å². The Morgan fingerprint density at radius 3 is 1.42 bits per heavy atom. The van der Waals surface area contributed by atoms with Crippen LogP contribution in [0.5, 0.6) is 11.5 Å². The van der Waals surface area contributed by atoms with Crippen LogP contribution in [0.15, 0.2) is 72.8 Å². The van der Waals surface area contributed by atoms with Crippen LogP contribution in [0.4, 0.5) is 37.7 Å². The molecule has 0 unspecified atom stereocenters. The molecular weight excluding hydrogens is 837 g/mol. The average molecular weight is 872 g/mol. The number of nitrogens with one attached hydrogen (secondary N) is 2. The number of halogens is 8. The number of carboxylic acids is 2. The summed E-state index contributed by atoms with van der Waals surface area (Å²) in [5, 5.41) is 26.4. The van der Waals surface area contributed by atoms with Gasteiger partial charge in [-0.1, -0.05) is 23.2 Å². The summed E-state index contributed by atoms with van der Waals surface area (Å²) in [5.74, 6) is -4.67. The number of carbonyl (C=O) groups is 3. The summed E-state index contributed by atoms with van der Waals surface area (Å²) >= 11 is 12.6. The molecule has 0 aliphatic heterocycles. The molecule has 12 nitrogen and oxygen atoms in total. The van der Waals surface area contributed by atoms with Gasteiger partial charge in [-0.15, -0.1) is 0 Å². The Bertz CT molecular complexity index is 2490. The van der Waals surface area contributed by atoms with E-state index in [-0.39, 0.29) is 6.61 Å². The number of anilines is 2. The molecule has 2 heterocycles. The van der Waals surface area contributed by atoms with Gasteiger partial charge in [-0.2, -0.15) is 26.3 Å². The van der Waals surface area contributed by atoms with Crippen molar-refractivity contribution in [3.8, 4) is 11.5 Å². The Balaban J connectivity index is 0.000000471. The molecular formula is C39H34Cl2F6N4O8. The van der Waals surface area contributed by atoms with Crippen molar-refractivity contribution < 1.29 is 65.1 Å². The summed E-state index contributed by atoms with van der Waals surface area (Å²) in [6, 6.07) is 22.7. The zero-order chi connectivity index (χ0) is 43.9. The molecule has 20 heteroatoms. The highest BCUT2D eigenvalue weighted by Crippen LogP contribution is 2.36. The summed E-state index contributed by atoms with van der Waals surface area (Å²) in [6.45, 7) is 6.43. The van der Waals surface area contributed by atoms with E-state index in [0.717, 1.165) is 60.7 Å². The van der Waals surface area contributed by atoms with Crippen LogP contribution in [0.1, 0.15) is 20.8 Å². The van der Waals surface area contributed by atoms with Crippen LogP contribution in [0.25, 0.3) is 43.6 Å². The first-order valence-corrected chi connectivity index (χ1v) is 17.7. The molecule has 0 spiro atoms. The van der Waals surface area contributed by atoms with Gasteiger partial charge in [-0.25, -0.2) is 24.4 Å². The normalized spacial score (nSPS) is 11.6. The molecule has 4 N–H and O–H groups in total. The Morgan fingerprint density at radius 2 is 1.03 bits per heavy atom. The molecule has 0 aliphatic carbocycles. The van der Waals surface area contributed by atoms with Gasteiger partial charge in [-0.05, 0) is 93.6 Å². The number of fused-ring (bicyclic) bond motifs is 4. The van der Waals surface area contributed by atoms with Crippen molar-refractivity contribution in [2.75, 3.05) is 37.4 Å². The Kier molecular flexibility index (Phi) is 14.5. The lowest BCUT2D eigenvalue weighted by atomic mass is 10.1. The number of nitrogens with zero attached hydrogens (tertiary/aromatic N) is 2. The highest BCUT2D eigenvalue weighted by molar-refractivity contribution is 6.32. The molecule has 0 atom stereocenters. The van der Waals surface area contributed by atoms with E-state index in [4.69, 9.17) is 67.2 Å². The van der Waals surface area contributed by atoms with Crippen molar-refractivity contribution in [1.82, 2.24) is 9.97 Å². The van der Waals surface area contributed by atoms with Crippen LogP contribution in [-0.2, 0) is 19.1 Å². The standard InChI is InChI=1S/C35H32Cl2N4O4.2C2HF3O2/c1-35(2,3)45-32(42)19-44-23-8-12-29-27(18-23)34(25-10-6-21(37)16-31(25)41-29)39-14-13-38-33-24-9-5-20(36)15-30(24)40-28-11-7-22(43-4)17-26(28)33;2*3-2(4,5)1(6)7/h5-12,15-18H,13-14,19H2,1-4H3,(H,38,40)(H,39,41);2*(H,6,7). The summed E-state index contributed by atoms with van der Waals surface area (Å²) in [4.78, 5) is 39.7. The lowest BCUT2D eigenvalue weighted by Crippen LogP contribution is -2.27. The molecule has 0 radical (unpaired) electrons. The summed E-state index contributed by atoms with van der Waals surface area (Å²) < 4.78 is 80.2. The monoisotopic (exact) mass is 870 g/mol. The van der Waals surface area contributed by atoms with Crippen LogP contribution >= 0.6 is 23.2 Å². The first-order chi connectivity index (χ1) is 27.5. The minimum Gasteiger partial charge on any atom is -0.497 e.